The molecule has 0 amide bonds. The van der Waals surface area contributed by atoms with E-state index in [1.165, 1.54) is 29.3 Å². The first-order chi connectivity index (χ1) is 3.39. The van der Waals surface area contributed by atoms with Gasteiger partial charge in [0.1, 0.15) is 0 Å². The van der Waals surface area contributed by atoms with Crippen molar-refractivity contribution in [2.45, 2.75) is 6.42 Å². The van der Waals surface area contributed by atoms with Crippen molar-refractivity contribution in [2.75, 3.05) is 13.1 Å². The highest BCUT2D eigenvalue weighted by Gasteiger charge is 1.93. The Morgan fingerprint density at radius 1 is 1.71 bits per heavy atom. The maximum Gasteiger partial charge on any atom is 0.251 e. The zero-order valence-electron chi connectivity index (χ0n) is 4.70. The first-order valence-corrected chi connectivity index (χ1v) is 3.76. The highest BCUT2D eigenvalue weighted by Crippen LogP contribution is 1.95. The van der Waals surface area contributed by atoms with Crippen LogP contribution in [0.1, 0.15) is 6.42 Å². The summed E-state index contributed by atoms with van der Waals surface area (Å²) in [5, 5.41) is 3.26. The lowest BCUT2D eigenvalue weighted by atomic mass is 10.3. The molecule has 0 aromatic carbocycles. The molecule has 7 heavy (non-hydrogen) atoms. The highest BCUT2D eigenvalue weighted by atomic mass is 27.0. The fourth-order valence-corrected chi connectivity index (χ4v) is 1.19. The summed E-state index contributed by atoms with van der Waals surface area (Å²) in [7, 11) is 0. The molecule has 1 N–H and O–H groups in total. The number of rotatable bonds is 0. The van der Waals surface area contributed by atoms with Gasteiger partial charge in [0.2, 0.25) is 0 Å². The summed E-state index contributed by atoms with van der Waals surface area (Å²) in [5.41, 5.74) is 0. The molecular weight excluding hydrogens is 101 g/mol. The van der Waals surface area contributed by atoms with Crippen molar-refractivity contribution >= 4 is 16.3 Å². The molecule has 1 aliphatic heterocycles. The number of hydrogen-bond acceptors (Lipinski definition) is 1. The summed E-state index contributed by atoms with van der Waals surface area (Å²) >= 11 is 1.27. The summed E-state index contributed by atoms with van der Waals surface area (Å²) < 4.78 is 1.67. The molecule has 1 heterocycles. The molecule has 0 spiro atoms. The van der Waals surface area contributed by atoms with Crippen LogP contribution in [0.2, 0.25) is 0 Å². The van der Waals surface area contributed by atoms with Gasteiger partial charge in [-0.1, -0.05) is 6.08 Å². The zero-order chi connectivity index (χ0) is 5.11. The molecule has 0 radical (unpaired) electrons. The van der Waals surface area contributed by atoms with E-state index in [1.54, 1.807) is 4.44 Å². The largest absolute Gasteiger partial charge is 0.313 e. The second kappa shape index (κ2) is 2.52. The lowest BCUT2D eigenvalue weighted by Gasteiger charge is -2.08. The number of nitrogens with one attached hydrogen (secondary N) is 1. The Balaban J connectivity index is 2.40. The van der Waals surface area contributed by atoms with Crippen LogP contribution in [-0.4, -0.2) is 29.4 Å². The molecule has 0 aromatic rings. The molecule has 0 saturated carbocycles. The van der Waals surface area contributed by atoms with Gasteiger partial charge in [0.15, 0.2) is 0 Å². The van der Waals surface area contributed by atoms with Crippen molar-refractivity contribution in [1.29, 1.82) is 0 Å². The van der Waals surface area contributed by atoms with Gasteiger partial charge in [-0.25, -0.2) is 0 Å². The molecule has 0 bridgehead atoms. The third-order valence-corrected chi connectivity index (χ3v) is 2.20. The maximum absolute atomic E-state index is 3.26. The zero-order valence-corrected chi connectivity index (χ0v) is 6.70. The smallest absolute Gasteiger partial charge is 0.251 e. The van der Waals surface area contributed by atoms with Crippen molar-refractivity contribution in [3.63, 3.8) is 0 Å². The van der Waals surface area contributed by atoms with Crippen LogP contribution in [-0.2, 0) is 0 Å². The average molecular weight is 111 g/mol. The van der Waals surface area contributed by atoms with E-state index in [0.717, 1.165) is 6.54 Å². The molecule has 0 atom stereocenters. The molecule has 1 rings (SSSR count). The minimum absolute atomic E-state index is 1.11. The van der Waals surface area contributed by atoms with Gasteiger partial charge < -0.3 is 5.32 Å². The summed E-state index contributed by atoms with van der Waals surface area (Å²) in [4.78, 5) is 0. The second-order valence-electron chi connectivity index (χ2n) is 2.00. The van der Waals surface area contributed by atoms with Gasteiger partial charge in [0, 0.05) is 6.54 Å². The van der Waals surface area contributed by atoms with Crippen molar-refractivity contribution in [3.05, 3.63) is 10.5 Å². The van der Waals surface area contributed by atoms with Crippen LogP contribution in [0.4, 0.5) is 0 Å². The Morgan fingerprint density at radius 3 is 2.86 bits per heavy atom. The van der Waals surface area contributed by atoms with E-state index in [1.807, 2.05) is 0 Å². The van der Waals surface area contributed by atoms with Crippen LogP contribution in [0.25, 0.3) is 0 Å². The molecule has 0 unspecified atom stereocenters. The predicted octanol–water partition coefficient (Wildman–Crippen LogP) is -0.503. The fraction of sp³-hybridized carbons (Fsp3) is 0.600. The summed E-state index contributed by atoms with van der Waals surface area (Å²) in [6.45, 7) is 2.31. The quantitative estimate of drug-likeness (QED) is 0.415. The topological polar surface area (TPSA) is 12.0 Å². The molecule has 0 fully saturated rings. The van der Waals surface area contributed by atoms with E-state index < -0.39 is 0 Å². The van der Waals surface area contributed by atoms with Crippen molar-refractivity contribution in [3.8, 4) is 0 Å². The van der Waals surface area contributed by atoms with E-state index in [0.29, 0.717) is 0 Å². The van der Waals surface area contributed by atoms with Crippen LogP contribution in [0.15, 0.2) is 10.5 Å². The van der Waals surface area contributed by atoms with Crippen LogP contribution in [0, 0.1) is 0 Å². The van der Waals surface area contributed by atoms with Gasteiger partial charge in [0.25, 0.3) is 16.3 Å². The normalized spacial score (nSPS) is 21.4. The van der Waals surface area contributed by atoms with Gasteiger partial charge in [-0.05, 0) is 13.0 Å². The third-order valence-electron chi connectivity index (χ3n) is 1.29. The lowest BCUT2D eigenvalue weighted by molar-refractivity contribution is 0.721. The van der Waals surface area contributed by atoms with E-state index in [9.17, 15) is 0 Å². The summed E-state index contributed by atoms with van der Waals surface area (Å²) in [6, 6.07) is 0. The Morgan fingerprint density at radius 2 is 2.57 bits per heavy atom. The standard InChI is InChI=1S/C5H8N.Al.2H/c1-2-4-6-5-3-1;;;/h2,6H,3-5H2;;;. The van der Waals surface area contributed by atoms with Crippen LogP contribution in [0.5, 0.6) is 0 Å². The van der Waals surface area contributed by atoms with Gasteiger partial charge in [-0.3, -0.25) is 0 Å². The predicted molar refractivity (Wildman–Crippen MR) is 34.1 cm³/mol. The van der Waals surface area contributed by atoms with E-state index >= 15 is 0 Å². The lowest BCUT2D eigenvalue weighted by Crippen LogP contribution is -2.20. The molecule has 0 aliphatic carbocycles. The Labute approximate surface area is 52.2 Å². The fourth-order valence-electron chi connectivity index (χ4n) is 0.736. The Bertz CT molecular complexity index is 88.1. The van der Waals surface area contributed by atoms with Crippen LogP contribution < -0.4 is 5.32 Å². The second-order valence-corrected chi connectivity index (χ2v) is 3.29. The van der Waals surface area contributed by atoms with Gasteiger partial charge >= 0.3 is 0 Å². The van der Waals surface area contributed by atoms with Gasteiger partial charge in [-0.15, -0.1) is 4.44 Å². The molecule has 1 nitrogen and oxygen atoms in total. The third kappa shape index (κ3) is 1.65. The van der Waals surface area contributed by atoms with Crippen molar-refractivity contribution in [1.82, 2.24) is 5.32 Å². The number of hydrogen-bond donors (Lipinski definition) is 1. The molecule has 2 heteroatoms. The van der Waals surface area contributed by atoms with Crippen molar-refractivity contribution < 1.29 is 0 Å². The first-order valence-electron chi connectivity index (χ1n) is 2.76. The van der Waals surface area contributed by atoms with E-state index in [4.69, 9.17) is 0 Å². The van der Waals surface area contributed by atoms with Gasteiger partial charge in [-0.2, -0.15) is 0 Å². The minimum Gasteiger partial charge on any atom is -0.313 e. The molecule has 38 valence electrons. The monoisotopic (exact) mass is 111 g/mol. The van der Waals surface area contributed by atoms with Crippen LogP contribution in [0.3, 0.4) is 0 Å². The summed E-state index contributed by atoms with van der Waals surface area (Å²) in [5.74, 6) is 0. The maximum atomic E-state index is 3.26. The molecule has 1 aliphatic rings. The van der Waals surface area contributed by atoms with E-state index in [2.05, 4.69) is 11.4 Å². The minimum atomic E-state index is 1.11. The van der Waals surface area contributed by atoms with E-state index in [-0.39, 0.29) is 0 Å². The molecular formula is C5H10AlN. The highest BCUT2D eigenvalue weighted by molar-refractivity contribution is 6.21. The summed E-state index contributed by atoms with van der Waals surface area (Å²) in [6.07, 6.45) is 3.60. The Kier molecular flexibility index (Phi) is 1.93. The van der Waals surface area contributed by atoms with Gasteiger partial charge in [0.05, 0.1) is 0 Å². The Hall–Kier alpha value is 0.232. The average Bonchev–Trinajstić information content (AvgIpc) is 1.69. The molecule has 0 saturated heterocycles. The first kappa shape index (κ1) is 5.37. The molecule has 0 aromatic heterocycles. The SMILES string of the molecule is [AlH2][C]1=CCNCC1. The van der Waals surface area contributed by atoms with Crippen LogP contribution >= 0.6 is 0 Å². The van der Waals surface area contributed by atoms with Crippen molar-refractivity contribution in [2.24, 2.45) is 0 Å².